The van der Waals surface area contributed by atoms with Crippen molar-refractivity contribution in [2.24, 2.45) is 11.3 Å². The average molecular weight is 496 g/mol. The molecule has 0 atom stereocenters. The Morgan fingerprint density at radius 3 is 2.49 bits per heavy atom. The molecule has 0 saturated carbocycles. The van der Waals surface area contributed by atoms with Crippen LogP contribution in [0, 0.1) is 11.3 Å². The molecule has 0 unspecified atom stereocenters. The topological polar surface area (TPSA) is 135 Å². The third-order valence-corrected chi connectivity index (χ3v) is 7.75. The number of hydrogen-bond donors (Lipinski definition) is 2. The van der Waals surface area contributed by atoms with E-state index in [-0.39, 0.29) is 27.6 Å². The van der Waals surface area contributed by atoms with Crippen LogP contribution in [0.1, 0.15) is 43.5 Å². The number of nitrogens with one attached hydrogen (secondary N) is 1. The Labute approximate surface area is 204 Å². The molecule has 1 saturated heterocycles. The number of amides is 1. The minimum Gasteiger partial charge on any atom is -0.382 e. The highest BCUT2D eigenvalue weighted by molar-refractivity contribution is 7.93. The maximum Gasteiger partial charge on any atom is 0.264 e. The number of fused-ring (bicyclic) bond motifs is 1. The summed E-state index contributed by atoms with van der Waals surface area (Å²) < 4.78 is 28.6. The molecule has 1 fully saturated rings. The van der Waals surface area contributed by atoms with E-state index >= 15 is 0 Å². The van der Waals surface area contributed by atoms with E-state index < -0.39 is 10.0 Å². The third kappa shape index (κ3) is 5.27. The number of rotatable bonds is 7. The van der Waals surface area contributed by atoms with Gasteiger partial charge >= 0.3 is 0 Å². The standard InChI is InChI=1S/C25H29N5O4S/c1-17(2)14-25(16-31)10-12-30(13-11-25)24(32)18-6-8-19(9-7-18)29-35(33,34)21-5-3-4-20-23(21)27-15-22(26)28-20/h3-9,15-17,29H,10-14H2,1-2H3,(H2,26,28). The van der Waals surface area contributed by atoms with Crippen molar-refractivity contribution < 1.29 is 18.0 Å². The molecule has 0 radical (unpaired) electrons. The monoisotopic (exact) mass is 495 g/mol. The van der Waals surface area contributed by atoms with Crippen LogP contribution in [0.4, 0.5) is 11.5 Å². The van der Waals surface area contributed by atoms with Crippen molar-refractivity contribution in [3.05, 3.63) is 54.2 Å². The minimum atomic E-state index is -3.95. The van der Waals surface area contributed by atoms with Crippen LogP contribution in [0.15, 0.2) is 53.6 Å². The van der Waals surface area contributed by atoms with E-state index in [1.165, 1.54) is 12.3 Å². The lowest BCUT2D eigenvalue weighted by atomic mass is 9.74. The summed E-state index contributed by atoms with van der Waals surface area (Å²) in [6, 6.07) is 11.0. The molecule has 184 valence electrons. The molecule has 1 aliphatic rings. The third-order valence-electron chi connectivity index (χ3n) is 6.34. The molecule has 3 N–H and O–H groups in total. The molecule has 35 heavy (non-hydrogen) atoms. The van der Waals surface area contributed by atoms with Crippen molar-refractivity contribution in [3.63, 3.8) is 0 Å². The molecule has 1 aliphatic heterocycles. The van der Waals surface area contributed by atoms with E-state index in [9.17, 15) is 18.0 Å². The number of likely N-dealkylation sites (tertiary alicyclic amines) is 1. The van der Waals surface area contributed by atoms with Crippen LogP contribution >= 0.6 is 0 Å². The highest BCUT2D eigenvalue weighted by Gasteiger charge is 2.36. The molecule has 1 aromatic heterocycles. The number of nitrogens with zero attached hydrogens (tertiary/aromatic N) is 3. The van der Waals surface area contributed by atoms with Gasteiger partial charge in [-0.1, -0.05) is 19.9 Å². The fourth-order valence-corrected chi connectivity index (χ4v) is 5.88. The zero-order chi connectivity index (χ0) is 25.2. The Morgan fingerprint density at radius 2 is 1.86 bits per heavy atom. The first-order valence-corrected chi connectivity index (χ1v) is 13.0. The maximum atomic E-state index is 13.0. The molecule has 2 aromatic carbocycles. The molecule has 4 rings (SSSR count). The van der Waals surface area contributed by atoms with Gasteiger partial charge < -0.3 is 15.4 Å². The van der Waals surface area contributed by atoms with Gasteiger partial charge in [0.1, 0.15) is 22.5 Å². The highest BCUT2D eigenvalue weighted by atomic mass is 32.2. The smallest absolute Gasteiger partial charge is 0.264 e. The van der Waals surface area contributed by atoms with E-state index in [1.807, 2.05) is 0 Å². The molecule has 10 heteroatoms. The number of carbonyl (C=O) groups is 2. The first kappa shape index (κ1) is 24.6. The molecule has 0 aliphatic carbocycles. The summed E-state index contributed by atoms with van der Waals surface area (Å²) in [5, 5.41) is 0. The molecule has 9 nitrogen and oxygen atoms in total. The van der Waals surface area contributed by atoms with Crippen molar-refractivity contribution in [2.45, 2.75) is 38.0 Å². The van der Waals surface area contributed by atoms with E-state index in [2.05, 4.69) is 28.5 Å². The minimum absolute atomic E-state index is 0.0176. The lowest BCUT2D eigenvalue weighted by Gasteiger charge is -2.39. The Morgan fingerprint density at radius 1 is 1.17 bits per heavy atom. The van der Waals surface area contributed by atoms with Gasteiger partial charge in [0.15, 0.2) is 0 Å². The molecule has 0 spiro atoms. The van der Waals surface area contributed by atoms with Crippen molar-refractivity contribution in [2.75, 3.05) is 23.5 Å². The zero-order valence-electron chi connectivity index (χ0n) is 19.8. The number of sulfonamides is 1. The number of piperidine rings is 1. The summed E-state index contributed by atoms with van der Waals surface area (Å²) in [7, 11) is -3.95. The van der Waals surface area contributed by atoms with Gasteiger partial charge in [0.05, 0.1) is 11.7 Å². The zero-order valence-corrected chi connectivity index (χ0v) is 20.6. The van der Waals surface area contributed by atoms with E-state index in [0.29, 0.717) is 48.6 Å². The lowest BCUT2D eigenvalue weighted by molar-refractivity contribution is -0.119. The molecule has 2 heterocycles. The van der Waals surface area contributed by atoms with Crippen molar-refractivity contribution in [3.8, 4) is 0 Å². The number of carbonyl (C=O) groups excluding carboxylic acids is 2. The SMILES string of the molecule is CC(C)CC1(C=O)CCN(C(=O)c2ccc(NS(=O)(=O)c3cccc4nc(N)cnc34)cc2)CC1. The fraction of sp³-hybridized carbons (Fsp3) is 0.360. The average Bonchev–Trinajstić information content (AvgIpc) is 2.83. The first-order chi connectivity index (χ1) is 16.6. The molecule has 0 bridgehead atoms. The number of anilines is 2. The van der Waals surface area contributed by atoms with Crippen LogP contribution in [0.3, 0.4) is 0 Å². The maximum absolute atomic E-state index is 13.0. The normalized spacial score (nSPS) is 15.8. The summed E-state index contributed by atoms with van der Waals surface area (Å²) >= 11 is 0. The van der Waals surface area contributed by atoms with Crippen LogP contribution in [0.5, 0.6) is 0 Å². The highest BCUT2D eigenvalue weighted by Crippen LogP contribution is 2.36. The van der Waals surface area contributed by atoms with Crippen LogP contribution < -0.4 is 10.5 Å². The van der Waals surface area contributed by atoms with Crippen molar-refractivity contribution in [1.82, 2.24) is 14.9 Å². The quantitative estimate of drug-likeness (QED) is 0.479. The summed E-state index contributed by atoms with van der Waals surface area (Å²) in [5.74, 6) is 0.480. The number of benzene rings is 2. The Balaban J connectivity index is 1.46. The summed E-state index contributed by atoms with van der Waals surface area (Å²) in [4.78, 5) is 34.7. The van der Waals surface area contributed by atoms with Gasteiger partial charge in [0.2, 0.25) is 0 Å². The number of aromatic nitrogens is 2. The van der Waals surface area contributed by atoms with Gasteiger partial charge in [-0.25, -0.2) is 18.4 Å². The van der Waals surface area contributed by atoms with Crippen molar-refractivity contribution in [1.29, 1.82) is 0 Å². The van der Waals surface area contributed by atoms with Crippen LogP contribution in [0.25, 0.3) is 11.0 Å². The van der Waals surface area contributed by atoms with Crippen LogP contribution in [-0.4, -0.2) is 48.6 Å². The van der Waals surface area contributed by atoms with Crippen LogP contribution in [-0.2, 0) is 14.8 Å². The van der Waals surface area contributed by atoms with Crippen molar-refractivity contribution >= 4 is 44.8 Å². The van der Waals surface area contributed by atoms with Crippen LogP contribution in [0.2, 0.25) is 0 Å². The fourth-order valence-electron chi connectivity index (χ4n) is 4.66. The Kier molecular flexibility index (Phi) is 6.75. The number of hydrogen-bond acceptors (Lipinski definition) is 7. The van der Waals surface area contributed by atoms with Gasteiger partial charge in [0.25, 0.3) is 15.9 Å². The van der Waals surface area contributed by atoms with Gasteiger partial charge in [-0.15, -0.1) is 0 Å². The van der Waals surface area contributed by atoms with E-state index in [4.69, 9.17) is 5.73 Å². The second-order valence-corrected chi connectivity index (χ2v) is 11.1. The molecule has 1 amide bonds. The number of aldehydes is 1. The van der Waals surface area contributed by atoms with Gasteiger partial charge in [-0.3, -0.25) is 9.52 Å². The van der Waals surface area contributed by atoms with E-state index in [0.717, 1.165) is 12.7 Å². The Bertz CT molecular complexity index is 1350. The van der Waals surface area contributed by atoms with Gasteiger partial charge in [-0.2, -0.15) is 0 Å². The summed E-state index contributed by atoms with van der Waals surface area (Å²) in [6.45, 7) is 5.24. The molecular formula is C25H29N5O4S. The summed E-state index contributed by atoms with van der Waals surface area (Å²) in [6.07, 6.45) is 4.50. The number of nitrogens with two attached hydrogens (primary N) is 1. The molecular weight excluding hydrogens is 466 g/mol. The van der Waals surface area contributed by atoms with E-state index in [1.54, 1.807) is 41.3 Å². The Hall–Kier alpha value is -3.53. The first-order valence-electron chi connectivity index (χ1n) is 11.5. The second kappa shape index (κ2) is 9.61. The lowest BCUT2D eigenvalue weighted by Crippen LogP contribution is -2.44. The van der Waals surface area contributed by atoms with Gasteiger partial charge in [0, 0.05) is 29.8 Å². The molecule has 3 aromatic rings. The number of nitrogen functional groups attached to an aromatic ring is 1. The predicted molar refractivity (Wildman–Crippen MR) is 134 cm³/mol. The number of para-hydroxylation sites is 1. The largest absolute Gasteiger partial charge is 0.382 e. The summed E-state index contributed by atoms with van der Waals surface area (Å²) in [5.41, 5.74) is 6.67. The predicted octanol–water partition coefficient (Wildman–Crippen LogP) is 3.48. The second-order valence-electron chi connectivity index (χ2n) is 9.47. The van der Waals surface area contributed by atoms with Gasteiger partial charge in [-0.05, 0) is 61.6 Å².